The predicted molar refractivity (Wildman–Crippen MR) is 109 cm³/mol. The van der Waals surface area contributed by atoms with Crippen LogP contribution in [0.5, 0.6) is 5.75 Å². The molecule has 4 aromatic rings. The monoisotopic (exact) mass is 357 g/mol. The molecule has 0 spiro atoms. The highest BCUT2D eigenvalue weighted by Gasteiger charge is 2.07. The highest BCUT2D eigenvalue weighted by atomic mass is 16.5. The number of nitrogens with one attached hydrogen (secondary N) is 1. The molecule has 4 rings (SSSR count). The molecule has 0 aliphatic carbocycles. The highest BCUT2D eigenvalue weighted by molar-refractivity contribution is 6.05. The fourth-order valence-corrected chi connectivity index (χ4v) is 3.19. The van der Waals surface area contributed by atoms with E-state index in [0.717, 1.165) is 27.6 Å². The molecule has 1 N–H and O–H groups in total. The summed E-state index contributed by atoms with van der Waals surface area (Å²) in [6.07, 6.45) is 0. The largest absolute Gasteiger partial charge is 0.497 e. The van der Waals surface area contributed by atoms with E-state index in [4.69, 9.17) is 4.74 Å². The number of anilines is 1. The molecule has 27 heavy (non-hydrogen) atoms. The van der Waals surface area contributed by atoms with Crippen molar-refractivity contribution in [3.63, 3.8) is 0 Å². The summed E-state index contributed by atoms with van der Waals surface area (Å²) in [7, 11) is 3.37. The van der Waals surface area contributed by atoms with Gasteiger partial charge in [-0.2, -0.15) is 5.10 Å². The van der Waals surface area contributed by atoms with Crippen LogP contribution >= 0.6 is 0 Å². The first kappa shape index (κ1) is 16.8. The van der Waals surface area contributed by atoms with E-state index in [1.165, 1.54) is 0 Å². The third-order valence-electron chi connectivity index (χ3n) is 4.62. The Bertz CT molecular complexity index is 1260. The fraction of sp³-hybridized carbons (Fsp3) is 0.0909. The van der Waals surface area contributed by atoms with E-state index in [2.05, 4.69) is 10.5 Å². The maximum Gasteiger partial charge on any atom is 0.259 e. The normalized spacial score (nSPS) is 11.7. The van der Waals surface area contributed by atoms with Gasteiger partial charge in [-0.1, -0.05) is 42.5 Å². The summed E-state index contributed by atoms with van der Waals surface area (Å²) in [4.78, 5) is 13.0. The van der Waals surface area contributed by atoms with Crippen molar-refractivity contribution in [3.05, 3.63) is 88.6 Å². The van der Waals surface area contributed by atoms with Crippen LogP contribution in [-0.2, 0) is 7.05 Å². The van der Waals surface area contributed by atoms with Gasteiger partial charge >= 0.3 is 0 Å². The number of methoxy groups -OCH3 is 1. The number of benzene rings is 3. The zero-order valence-electron chi connectivity index (χ0n) is 15.1. The number of hydrogen-bond donors (Lipinski definition) is 1. The molecule has 0 unspecified atom stereocenters. The zero-order chi connectivity index (χ0) is 18.8. The second-order valence-corrected chi connectivity index (χ2v) is 6.23. The van der Waals surface area contributed by atoms with E-state index >= 15 is 0 Å². The molecule has 5 nitrogen and oxygen atoms in total. The van der Waals surface area contributed by atoms with Crippen molar-refractivity contribution >= 4 is 27.2 Å². The van der Waals surface area contributed by atoms with Crippen LogP contribution in [-0.4, -0.2) is 11.7 Å². The van der Waals surface area contributed by atoms with Crippen LogP contribution in [0.3, 0.4) is 0 Å². The third-order valence-corrected chi connectivity index (χ3v) is 4.62. The molecule has 0 fully saturated rings. The molecule has 0 bridgehead atoms. The standard InChI is InChI=1S/C22H19N3O2/c1-25-21(24-23-15-11-13-16(27-2)14-12-15)19-9-5-3-7-17(19)18-8-4-6-10-20(18)22(25)26/h3-14,23H,1-2H3/b24-21-. The second kappa shape index (κ2) is 6.96. The number of ether oxygens (including phenoxy) is 1. The van der Waals surface area contributed by atoms with Crippen LogP contribution in [0.25, 0.3) is 21.5 Å². The Morgan fingerprint density at radius 2 is 1.37 bits per heavy atom. The molecule has 0 saturated carbocycles. The predicted octanol–water partition coefficient (Wildman–Crippen LogP) is 3.63. The Kier molecular flexibility index (Phi) is 4.34. The van der Waals surface area contributed by atoms with Gasteiger partial charge in [0.05, 0.1) is 12.8 Å². The Morgan fingerprint density at radius 3 is 2.00 bits per heavy atom. The van der Waals surface area contributed by atoms with Gasteiger partial charge in [-0.05, 0) is 41.1 Å². The van der Waals surface area contributed by atoms with Crippen LogP contribution in [0.2, 0.25) is 0 Å². The fourth-order valence-electron chi connectivity index (χ4n) is 3.19. The summed E-state index contributed by atoms with van der Waals surface area (Å²) < 4.78 is 6.76. The first-order chi connectivity index (χ1) is 13.2. The van der Waals surface area contributed by atoms with E-state index in [0.29, 0.717) is 10.9 Å². The van der Waals surface area contributed by atoms with Gasteiger partial charge in [-0.15, -0.1) is 0 Å². The van der Waals surface area contributed by atoms with Crippen molar-refractivity contribution in [2.75, 3.05) is 12.5 Å². The maximum absolute atomic E-state index is 13.0. The number of rotatable bonds is 3. The Morgan fingerprint density at radius 1 is 0.815 bits per heavy atom. The lowest BCUT2D eigenvalue weighted by atomic mass is 10.1. The van der Waals surface area contributed by atoms with Gasteiger partial charge in [-0.3, -0.25) is 14.8 Å². The molecule has 5 heteroatoms. The maximum atomic E-state index is 13.0. The minimum Gasteiger partial charge on any atom is -0.497 e. The SMILES string of the molecule is COc1ccc(N/N=c2/c3ccccc3c3ccccc3c(=O)n2C)cc1. The van der Waals surface area contributed by atoms with Crippen molar-refractivity contribution < 1.29 is 4.74 Å². The summed E-state index contributed by atoms with van der Waals surface area (Å²) in [6, 6.07) is 23.0. The quantitative estimate of drug-likeness (QED) is 0.570. The van der Waals surface area contributed by atoms with Crippen LogP contribution in [0.4, 0.5) is 5.69 Å². The first-order valence-corrected chi connectivity index (χ1v) is 8.63. The van der Waals surface area contributed by atoms with Gasteiger partial charge in [0.25, 0.3) is 5.56 Å². The zero-order valence-corrected chi connectivity index (χ0v) is 15.1. The van der Waals surface area contributed by atoms with E-state index < -0.39 is 0 Å². The van der Waals surface area contributed by atoms with Gasteiger partial charge in [0, 0.05) is 17.8 Å². The summed E-state index contributed by atoms with van der Waals surface area (Å²) >= 11 is 0. The summed E-state index contributed by atoms with van der Waals surface area (Å²) in [5, 5.41) is 8.03. The molecular weight excluding hydrogens is 338 g/mol. The minimum atomic E-state index is -0.0860. The van der Waals surface area contributed by atoms with Gasteiger partial charge in [-0.25, -0.2) is 0 Å². The van der Waals surface area contributed by atoms with Gasteiger partial charge < -0.3 is 4.74 Å². The molecule has 1 aromatic heterocycles. The average molecular weight is 357 g/mol. The van der Waals surface area contributed by atoms with Crippen molar-refractivity contribution in [1.82, 2.24) is 4.57 Å². The molecule has 1 heterocycles. The molecule has 0 aliphatic heterocycles. The molecule has 3 aromatic carbocycles. The molecular formula is C22H19N3O2. The number of fused-ring (bicyclic) bond motifs is 3. The van der Waals surface area contributed by atoms with Gasteiger partial charge in [0.2, 0.25) is 0 Å². The Labute approximate surface area is 156 Å². The molecule has 134 valence electrons. The van der Waals surface area contributed by atoms with Gasteiger partial charge in [0.15, 0.2) is 5.49 Å². The highest BCUT2D eigenvalue weighted by Crippen LogP contribution is 2.19. The molecule has 0 atom stereocenters. The lowest BCUT2D eigenvalue weighted by Gasteiger charge is -2.03. The van der Waals surface area contributed by atoms with Crippen molar-refractivity contribution in [3.8, 4) is 5.75 Å². The molecule has 0 amide bonds. The third kappa shape index (κ3) is 3.04. The average Bonchev–Trinajstić information content (AvgIpc) is 2.82. The number of aromatic nitrogens is 1. The Balaban J connectivity index is 2.01. The van der Waals surface area contributed by atoms with E-state index in [1.807, 2.05) is 72.8 Å². The van der Waals surface area contributed by atoms with Crippen LogP contribution in [0.1, 0.15) is 0 Å². The summed E-state index contributed by atoms with van der Waals surface area (Å²) in [5.41, 5.74) is 4.35. The molecule has 0 aliphatic rings. The minimum absolute atomic E-state index is 0.0860. The topological polar surface area (TPSA) is 55.6 Å². The second-order valence-electron chi connectivity index (χ2n) is 6.23. The summed E-state index contributed by atoms with van der Waals surface area (Å²) in [6.45, 7) is 0. The lowest BCUT2D eigenvalue weighted by molar-refractivity contribution is 0.415. The lowest BCUT2D eigenvalue weighted by Crippen LogP contribution is -2.29. The first-order valence-electron chi connectivity index (χ1n) is 8.63. The van der Waals surface area contributed by atoms with Crippen LogP contribution in [0, 0.1) is 0 Å². The van der Waals surface area contributed by atoms with Crippen LogP contribution < -0.4 is 21.2 Å². The molecule has 0 radical (unpaired) electrons. The number of nitrogens with zero attached hydrogens (tertiary/aromatic N) is 2. The Hall–Kier alpha value is -3.60. The smallest absolute Gasteiger partial charge is 0.259 e. The van der Waals surface area contributed by atoms with Crippen molar-refractivity contribution in [1.29, 1.82) is 0 Å². The van der Waals surface area contributed by atoms with E-state index in [9.17, 15) is 4.79 Å². The van der Waals surface area contributed by atoms with E-state index in [-0.39, 0.29) is 5.56 Å². The van der Waals surface area contributed by atoms with Gasteiger partial charge in [0.1, 0.15) is 5.75 Å². The summed E-state index contributed by atoms with van der Waals surface area (Å²) in [5.74, 6) is 0.774. The number of hydrogen-bond acceptors (Lipinski definition) is 4. The van der Waals surface area contributed by atoms with Crippen LogP contribution in [0.15, 0.2) is 82.7 Å². The molecule has 0 saturated heterocycles. The van der Waals surface area contributed by atoms with Crippen molar-refractivity contribution in [2.45, 2.75) is 0 Å². The van der Waals surface area contributed by atoms with E-state index in [1.54, 1.807) is 18.7 Å². The van der Waals surface area contributed by atoms with Crippen molar-refractivity contribution in [2.24, 2.45) is 12.1 Å².